The highest BCUT2D eigenvalue weighted by Crippen LogP contribution is 2.46. The predicted molar refractivity (Wildman–Crippen MR) is 385 cm³/mol. The molecular formula is C86H69N3. The number of hydrogen-bond acceptors (Lipinski definition) is 2. The Bertz CT molecular complexity index is 4520. The third-order valence-corrected chi connectivity index (χ3v) is 16.1. The minimum Gasteiger partial charge on any atom is -0.310 e. The van der Waals surface area contributed by atoms with Gasteiger partial charge in [0.25, 0.3) is 0 Å². The van der Waals surface area contributed by atoms with E-state index in [1.165, 1.54) is 82.4 Å². The quantitative estimate of drug-likeness (QED) is 0.0945. The number of hydrogen-bond donors (Lipinski definition) is 0. The molecule has 3 heteroatoms. The van der Waals surface area contributed by atoms with Crippen LogP contribution in [0.25, 0.3) is 93.5 Å². The van der Waals surface area contributed by atoms with Crippen molar-refractivity contribution in [3.05, 3.63) is 371 Å². The van der Waals surface area contributed by atoms with E-state index in [-0.39, 0.29) is 0 Å². The summed E-state index contributed by atoms with van der Waals surface area (Å²) in [5.74, 6) is 0. The molecule has 0 spiro atoms. The molecule has 0 fully saturated rings. The topological polar surface area (TPSA) is 11.4 Å². The van der Waals surface area contributed by atoms with E-state index in [1.54, 1.807) is 6.08 Å². The van der Waals surface area contributed by atoms with Crippen LogP contribution in [0.5, 0.6) is 0 Å². The summed E-state index contributed by atoms with van der Waals surface area (Å²) in [5, 5.41) is 7.27. The number of nitrogens with zero attached hydrogens (tertiary/aromatic N) is 3. The summed E-state index contributed by atoms with van der Waals surface area (Å²) < 4.78 is 2.44. The van der Waals surface area contributed by atoms with Crippen LogP contribution in [0.2, 0.25) is 0 Å². The van der Waals surface area contributed by atoms with Gasteiger partial charge in [0, 0.05) is 50.6 Å². The first-order valence-corrected chi connectivity index (χ1v) is 30.3. The smallest absolute Gasteiger partial charge is 0.0542 e. The SMILES string of the molecule is C=C.C=CC.Cc1ccccc1.c1ccc(-c2ccc(-c3ccc(-c4c5ccccc5c(-c5ccc(-n6c7ccc(N(c8ccccc8)c8ccccc8)cc7c7cc(N(c8ccccc8)c8ccccc8)ccc76)cc5)c5ccccc45)cc3)cc2)cc1. The van der Waals surface area contributed by atoms with Crippen molar-refractivity contribution in [2.75, 3.05) is 9.80 Å². The molecule has 0 saturated heterocycles. The Kier molecular flexibility index (Phi) is 17.7. The second-order valence-electron chi connectivity index (χ2n) is 21.7. The zero-order chi connectivity index (χ0) is 60.9. The third-order valence-electron chi connectivity index (χ3n) is 16.1. The minimum absolute atomic E-state index is 1.09. The van der Waals surface area contributed by atoms with Crippen molar-refractivity contribution in [2.45, 2.75) is 13.8 Å². The second-order valence-corrected chi connectivity index (χ2v) is 21.7. The van der Waals surface area contributed by atoms with Crippen LogP contribution >= 0.6 is 0 Å². The molecule has 0 aliphatic carbocycles. The number of para-hydroxylation sites is 4. The number of rotatable bonds is 11. The molecule has 3 nitrogen and oxygen atoms in total. The highest BCUT2D eigenvalue weighted by Gasteiger charge is 2.22. The lowest BCUT2D eigenvalue weighted by molar-refractivity contribution is 1.18. The lowest BCUT2D eigenvalue weighted by atomic mass is 9.85. The van der Waals surface area contributed by atoms with E-state index in [2.05, 4.69) is 363 Å². The van der Waals surface area contributed by atoms with Crippen molar-refractivity contribution in [2.24, 2.45) is 0 Å². The standard InChI is InChI=1S/C74H51N3.C7H8.C3H6.C2H4/c1-6-20-52(21-7-1)53-34-36-54(37-35-53)55-38-40-56(41-39-55)73-65-30-16-18-32-67(65)74(68-33-19-17-31-66(68)73)57-42-44-62(45-43-57)77-71-48-46-63(75(58-22-8-2-9-23-58)59-24-10-3-11-25-59)50-69(71)70-51-64(47-49-72(70)77)76(60-26-12-4-13-27-60)61-28-14-5-15-29-61;1-7-5-3-2-4-6-7;1-3-2;1-2/h1-51H;2-6H,1H3;3H,1H2,2H3;1-2H2. The minimum atomic E-state index is 1.09. The Morgan fingerprint density at radius 1 is 0.270 bits per heavy atom. The van der Waals surface area contributed by atoms with Crippen LogP contribution in [0, 0.1) is 6.92 Å². The van der Waals surface area contributed by atoms with Crippen LogP contribution in [0.15, 0.2) is 366 Å². The third kappa shape index (κ3) is 12.2. The van der Waals surface area contributed by atoms with E-state index in [4.69, 9.17) is 0 Å². The largest absolute Gasteiger partial charge is 0.310 e. The van der Waals surface area contributed by atoms with Crippen molar-refractivity contribution < 1.29 is 0 Å². The van der Waals surface area contributed by atoms with Crippen molar-refractivity contribution in [3.8, 4) is 50.2 Å². The van der Waals surface area contributed by atoms with Gasteiger partial charge in [0.15, 0.2) is 0 Å². The first kappa shape index (κ1) is 57.9. The Labute approximate surface area is 523 Å². The molecule has 0 aliphatic rings. The number of anilines is 6. The van der Waals surface area contributed by atoms with Gasteiger partial charge in [-0.3, -0.25) is 0 Å². The Hall–Kier alpha value is -11.5. The predicted octanol–water partition coefficient (Wildman–Crippen LogP) is 24.7. The average Bonchev–Trinajstić information content (AvgIpc) is 2.00. The van der Waals surface area contributed by atoms with Gasteiger partial charge in [0.05, 0.1) is 11.0 Å². The van der Waals surface area contributed by atoms with Crippen molar-refractivity contribution in [1.82, 2.24) is 4.57 Å². The van der Waals surface area contributed by atoms with Crippen molar-refractivity contribution in [3.63, 3.8) is 0 Å². The van der Waals surface area contributed by atoms with Crippen LogP contribution in [-0.2, 0) is 0 Å². The molecule has 0 aliphatic heterocycles. The van der Waals surface area contributed by atoms with Crippen molar-refractivity contribution >= 4 is 77.5 Å². The van der Waals surface area contributed by atoms with Crippen LogP contribution < -0.4 is 9.80 Å². The first-order valence-electron chi connectivity index (χ1n) is 30.3. The molecule has 1 heterocycles. The number of fused-ring (bicyclic) bond motifs is 5. The number of benzene rings is 14. The van der Waals surface area contributed by atoms with Gasteiger partial charge in [-0.25, -0.2) is 0 Å². The molecule has 0 unspecified atom stereocenters. The molecule has 15 aromatic rings. The molecular weight excluding hydrogens is 1070 g/mol. The van der Waals surface area contributed by atoms with E-state index < -0.39 is 0 Å². The monoisotopic (exact) mass is 1140 g/mol. The van der Waals surface area contributed by atoms with Crippen LogP contribution in [0.3, 0.4) is 0 Å². The summed E-state index contributed by atoms with van der Waals surface area (Å²) in [6, 6.07) is 123. The maximum Gasteiger partial charge on any atom is 0.0542 e. The fourth-order valence-electron chi connectivity index (χ4n) is 12.1. The van der Waals surface area contributed by atoms with Crippen LogP contribution in [-0.4, -0.2) is 4.57 Å². The lowest BCUT2D eigenvalue weighted by Gasteiger charge is -2.26. The summed E-state index contributed by atoms with van der Waals surface area (Å²) >= 11 is 0. The average molecular weight is 1140 g/mol. The number of allylic oxidation sites excluding steroid dienone is 1. The van der Waals surface area contributed by atoms with Crippen molar-refractivity contribution in [1.29, 1.82) is 0 Å². The number of aryl methyl sites for hydroxylation is 1. The molecule has 89 heavy (non-hydrogen) atoms. The molecule has 15 rings (SSSR count). The summed E-state index contributed by atoms with van der Waals surface area (Å²) in [4.78, 5) is 4.70. The van der Waals surface area contributed by atoms with Gasteiger partial charge in [-0.15, -0.1) is 19.7 Å². The van der Waals surface area contributed by atoms with Gasteiger partial charge in [-0.1, -0.05) is 254 Å². The van der Waals surface area contributed by atoms with E-state index in [1.807, 2.05) is 25.1 Å². The molecule has 1 aromatic heterocycles. The summed E-state index contributed by atoms with van der Waals surface area (Å²) in [5.41, 5.74) is 21.0. The number of aromatic nitrogens is 1. The molecule has 0 bridgehead atoms. The highest BCUT2D eigenvalue weighted by molar-refractivity contribution is 6.21. The first-order chi connectivity index (χ1) is 44.0. The fraction of sp³-hybridized carbons (Fsp3) is 0.0233. The maximum absolute atomic E-state index is 3.36. The molecule has 0 N–H and O–H groups in total. The van der Waals surface area contributed by atoms with Crippen LogP contribution in [0.4, 0.5) is 34.1 Å². The van der Waals surface area contributed by atoms with Gasteiger partial charge in [-0.2, -0.15) is 0 Å². The maximum atomic E-state index is 3.36. The fourth-order valence-corrected chi connectivity index (χ4v) is 12.1. The summed E-state index contributed by atoms with van der Waals surface area (Å²) in [7, 11) is 0. The van der Waals surface area contributed by atoms with Crippen LogP contribution in [0.1, 0.15) is 12.5 Å². The molecule has 0 saturated carbocycles. The van der Waals surface area contributed by atoms with Gasteiger partial charge in [0.2, 0.25) is 0 Å². The Morgan fingerprint density at radius 2 is 0.528 bits per heavy atom. The van der Waals surface area contributed by atoms with E-state index in [0.29, 0.717) is 0 Å². The lowest BCUT2D eigenvalue weighted by Crippen LogP contribution is -2.09. The Morgan fingerprint density at radius 3 is 0.831 bits per heavy atom. The summed E-state index contributed by atoms with van der Waals surface area (Å²) in [6.45, 7) is 13.3. The van der Waals surface area contributed by atoms with Gasteiger partial charge in [0.1, 0.15) is 0 Å². The highest BCUT2D eigenvalue weighted by atomic mass is 15.1. The molecule has 0 amide bonds. The summed E-state index contributed by atoms with van der Waals surface area (Å²) in [6.07, 6.45) is 1.75. The zero-order valence-electron chi connectivity index (χ0n) is 50.4. The Balaban J connectivity index is 0.000000586. The zero-order valence-corrected chi connectivity index (χ0v) is 50.4. The molecule has 14 aromatic carbocycles. The van der Waals surface area contributed by atoms with E-state index in [9.17, 15) is 0 Å². The van der Waals surface area contributed by atoms with Gasteiger partial charge >= 0.3 is 0 Å². The second kappa shape index (κ2) is 27.2. The van der Waals surface area contributed by atoms with Gasteiger partial charge < -0.3 is 14.4 Å². The van der Waals surface area contributed by atoms with E-state index in [0.717, 1.165) is 50.8 Å². The van der Waals surface area contributed by atoms with Gasteiger partial charge in [-0.05, 0) is 177 Å². The normalized spacial score (nSPS) is 10.7. The molecule has 428 valence electrons. The molecule has 0 radical (unpaired) electrons. The van der Waals surface area contributed by atoms with E-state index >= 15 is 0 Å². The molecule has 0 atom stereocenters.